The molecule has 1 aromatic heterocycles. The van der Waals surface area contributed by atoms with Crippen LogP contribution in [0.25, 0.3) is 22.8 Å². The number of nitrogens with zero attached hydrogens (tertiary/aromatic N) is 1. The summed E-state index contributed by atoms with van der Waals surface area (Å²) in [5, 5.41) is 17.6. The summed E-state index contributed by atoms with van der Waals surface area (Å²) >= 11 is 6.24. The first-order chi connectivity index (χ1) is 17.4. The first-order valence-corrected chi connectivity index (χ1v) is 12.6. The van der Waals surface area contributed by atoms with Gasteiger partial charge >= 0.3 is 0 Å². The minimum Gasteiger partial charge on any atom is -0.369 e. The number of benzene rings is 2. The van der Waals surface area contributed by atoms with E-state index in [1.807, 2.05) is 60.4 Å². The molecule has 1 saturated heterocycles. The van der Waals surface area contributed by atoms with Crippen molar-refractivity contribution in [3.63, 3.8) is 0 Å². The first kappa shape index (κ1) is 24.2. The Morgan fingerprint density at radius 2 is 2.11 bits per heavy atom. The van der Waals surface area contributed by atoms with Gasteiger partial charge in [-0.25, -0.2) is 0 Å². The van der Waals surface area contributed by atoms with Crippen LogP contribution in [0.15, 0.2) is 48.7 Å². The van der Waals surface area contributed by atoms with Crippen LogP contribution in [-0.2, 0) is 4.79 Å². The van der Waals surface area contributed by atoms with Crippen molar-refractivity contribution in [2.24, 2.45) is 0 Å². The smallest absolute Gasteiger partial charge is 0.253 e. The van der Waals surface area contributed by atoms with Crippen molar-refractivity contribution in [2.45, 2.75) is 32.4 Å². The maximum absolute atomic E-state index is 12.8. The van der Waals surface area contributed by atoms with E-state index in [-0.39, 0.29) is 11.8 Å². The molecule has 4 N–H and O–H groups in total. The Labute approximate surface area is 215 Å². The molecule has 0 radical (unpaired) electrons. The van der Waals surface area contributed by atoms with Gasteiger partial charge in [-0.15, -0.1) is 0 Å². The van der Waals surface area contributed by atoms with Crippen molar-refractivity contribution < 1.29 is 14.7 Å². The topological polar surface area (TPSA) is 97.5 Å². The van der Waals surface area contributed by atoms with E-state index < -0.39 is 6.23 Å². The summed E-state index contributed by atoms with van der Waals surface area (Å²) in [7, 11) is 0. The average molecular weight is 505 g/mol. The summed E-state index contributed by atoms with van der Waals surface area (Å²) in [5.41, 5.74) is 6.50. The van der Waals surface area contributed by atoms with Gasteiger partial charge in [-0.3, -0.25) is 9.59 Å². The number of halogens is 1. The van der Waals surface area contributed by atoms with Crippen LogP contribution in [0.3, 0.4) is 0 Å². The molecule has 0 spiro atoms. The van der Waals surface area contributed by atoms with Gasteiger partial charge in [0.15, 0.2) is 6.23 Å². The summed E-state index contributed by atoms with van der Waals surface area (Å²) in [6.07, 6.45) is 4.97. The number of aromatic amines is 1. The Bertz CT molecular complexity index is 1350. The number of likely N-dealkylation sites (tertiary alicyclic amines) is 1. The molecule has 1 unspecified atom stereocenters. The molecule has 1 atom stereocenters. The molecule has 0 saturated carbocycles. The van der Waals surface area contributed by atoms with E-state index in [1.165, 1.54) is 0 Å². The number of H-pyrrole nitrogens is 1. The van der Waals surface area contributed by atoms with Crippen molar-refractivity contribution in [1.82, 2.24) is 15.2 Å². The Balaban J connectivity index is 1.34. The average Bonchev–Trinajstić information content (AvgIpc) is 3.54. The number of hydrogen-bond acceptors (Lipinski definition) is 4. The molecule has 3 heterocycles. The van der Waals surface area contributed by atoms with Gasteiger partial charge in [0.05, 0.1) is 5.56 Å². The molecule has 5 rings (SSSR count). The Kier molecular flexibility index (Phi) is 6.85. The number of nitrogens with one attached hydrogen (secondary N) is 3. The first-order valence-electron chi connectivity index (χ1n) is 12.2. The van der Waals surface area contributed by atoms with Gasteiger partial charge in [-0.1, -0.05) is 35.9 Å². The third-order valence-electron chi connectivity index (χ3n) is 6.86. The Morgan fingerprint density at radius 1 is 1.28 bits per heavy atom. The highest BCUT2D eigenvalue weighted by molar-refractivity contribution is 6.30. The van der Waals surface area contributed by atoms with Crippen molar-refractivity contribution in [1.29, 1.82) is 0 Å². The summed E-state index contributed by atoms with van der Waals surface area (Å²) in [6, 6.07) is 13.5. The number of carbonyl (C=O) groups excluding carboxylic acids is 2. The van der Waals surface area contributed by atoms with E-state index in [9.17, 15) is 14.7 Å². The molecule has 2 aliphatic rings. The predicted octanol–water partition coefficient (Wildman–Crippen LogP) is 4.67. The van der Waals surface area contributed by atoms with Crippen LogP contribution in [0, 0.1) is 6.92 Å². The number of fused-ring (bicyclic) bond motifs is 1. The number of anilines is 1. The van der Waals surface area contributed by atoms with Gasteiger partial charge in [0.25, 0.3) is 5.91 Å². The number of aliphatic hydroxyl groups excluding tert-OH is 1. The molecule has 7 nitrogen and oxygen atoms in total. The SMILES string of the molecule is Cc1c(C(=O)NCCCN2CCCC2=O)c[nH]c1/C=C1/c2c(cccc2-c2cccc(Cl)c2)NC1O. The van der Waals surface area contributed by atoms with E-state index in [1.54, 1.807) is 6.20 Å². The van der Waals surface area contributed by atoms with Gasteiger partial charge < -0.3 is 25.6 Å². The molecule has 8 heteroatoms. The minimum atomic E-state index is -0.881. The lowest BCUT2D eigenvalue weighted by Crippen LogP contribution is -2.30. The van der Waals surface area contributed by atoms with Crippen LogP contribution >= 0.6 is 11.6 Å². The quantitative estimate of drug-likeness (QED) is 0.351. The molecule has 2 amide bonds. The lowest BCUT2D eigenvalue weighted by Gasteiger charge is -2.15. The number of rotatable bonds is 7. The second-order valence-electron chi connectivity index (χ2n) is 9.22. The third-order valence-corrected chi connectivity index (χ3v) is 7.10. The lowest BCUT2D eigenvalue weighted by atomic mass is 9.94. The van der Waals surface area contributed by atoms with E-state index >= 15 is 0 Å². The van der Waals surface area contributed by atoms with Crippen LogP contribution < -0.4 is 10.6 Å². The van der Waals surface area contributed by atoms with Gasteiger partial charge in [-0.05, 0) is 60.7 Å². The maximum Gasteiger partial charge on any atom is 0.253 e. The number of hydrogen-bond donors (Lipinski definition) is 4. The summed E-state index contributed by atoms with van der Waals surface area (Å²) < 4.78 is 0. The zero-order valence-corrected chi connectivity index (χ0v) is 20.9. The molecule has 3 aromatic rings. The number of aliphatic hydroxyl groups is 1. The zero-order valence-electron chi connectivity index (χ0n) is 20.1. The van der Waals surface area contributed by atoms with Gasteiger partial charge in [0.1, 0.15) is 0 Å². The van der Waals surface area contributed by atoms with Crippen LogP contribution in [0.1, 0.15) is 46.4 Å². The zero-order chi connectivity index (χ0) is 25.2. The Hall–Kier alpha value is -3.55. The fourth-order valence-electron chi connectivity index (χ4n) is 4.95. The number of amides is 2. The minimum absolute atomic E-state index is 0.161. The molecule has 2 aromatic carbocycles. The highest BCUT2D eigenvalue weighted by Gasteiger charge is 2.28. The van der Waals surface area contributed by atoms with Crippen LogP contribution in [0.2, 0.25) is 5.02 Å². The molecule has 186 valence electrons. The monoisotopic (exact) mass is 504 g/mol. The van der Waals surface area contributed by atoms with E-state index in [2.05, 4.69) is 15.6 Å². The largest absolute Gasteiger partial charge is 0.369 e. The van der Waals surface area contributed by atoms with Crippen molar-refractivity contribution in [3.05, 3.63) is 76.1 Å². The number of carbonyl (C=O) groups is 2. The third kappa shape index (κ3) is 4.76. The molecular formula is C28H29ClN4O3. The normalized spacial score (nSPS) is 18.0. The van der Waals surface area contributed by atoms with Crippen molar-refractivity contribution in [3.8, 4) is 11.1 Å². The maximum atomic E-state index is 12.8. The van der Waals surface area contributed by atoms with Crippen LogP contribution in [0.4, 0.5) is 5.69 Å². The fraction of sp³-hybridized carbons (Fsp3) is 0.286. The highest BCUT2D eigenvalue weighted by atomic mass is 35.5. The van der Waals surface area contributed by atoms with E-state index in [0.29, 0.717) is 35.7 Å². The van der Waals surface area contributed by atoms with Gasteiger partial charge in [-0.2, -0.15) is 0 Å². The summed E-state index contributed by atoms with van der Waals surface area (Å²) in [6.45, 7) is 3.87. The summed E-state index contributed by atoms with van der Waals surface area (Å²) in [4.78, 5) is 29.6. The molecule has 0 bridgehead atoms. The highest BCUT2D eigenvalue weighted by Crippen LogP contribution is 2.42. The molecule has 1 fully saturated rings. The standard InChI is InChI=1S/C28H29ClN4O3/c1-17-22(27(35)30-11-5-13-33-12-4-10-25(33)34)16-31-24(17)15-21-26-20(18-6-2-7-19(29)14-18)8-3-9-23(26)32-28(21)36/h2-3,6-9,14-16,28,31-32,36H,4-5,10-13H2,1H3,(H,30,35)/b21-15-. The molecular weight excluding hydrogens is 476 g/mol. The summed E-state index contributed by atoms with van der Waals surface area (Å²) in [5.74, 6) is 0.0374. The number of aromatic nitrogens is 1. The van der Waals surface area contributed by atoms with Crippen LogP contribution in [0.5, 0.6) is 0 Å². The van der Waals surface area contributed by atoms with E-state index in [4.69, 9.17) is 11.6 Å². The second-order valence-corrected chi connectivity index (χ2v) is 9.66. The van der Waals surface area contributed by atoms with Crippen LogP contribution in [-0.4, -0.2) is 52.7 Å². The molecule has 0 aliphatic carbocycles. The van der Waals surface area contributed by atoms with Crippen molar-refractivity contribution in [2.75, 3.05) is 25.0 Å². The predicted molar refractivity (Wildman–Crippen MR) is 143 cm³/mol. The van der Waals surface area contributed by atoms with E-state index in [0.717, 1.165) is 53.0 Å². The van der Waals surface area contributed by atoms with Crippen molar-refractivity contribution >= 4 is 40.8 Å². The fourth-order valence-corrected chi connectivity index (χ4v) is 5.14. The van der Waals surface area contributed by atoms with Gasteiger partial charge in [0.2, 0.25) is 5.91 Å². The second kappa shape index (κ2) is 10.2. The lowest BCUT2D eigenvalue weighted by molar-refractivity contribution is -0.127. The Morgan fingerprint density at radius 3 is 2.89 bits per heavy atom. The molecule has 36 heavy (non-hydrogen) atoms. The van der Waals surface area contributed by atoms with Gasteiger partial charge in [0, 0.05) is 59.8 Å². The molecule has 2 aliphatic heterocycles.